The molecule has 4 rings (SSSR count). The molecule has 1 aromatic carbocycles. The maximum atomic E-state index is 13.5. The summed E-state index contributed by atoms with van der Waals surface area (Å²) < 4.78 is 13.5. The van der Waals surface area contributed by atoms with Crippen LogP contribution < -0.4 is 5.32 Å². The molecule has 0 aliphatic rings. The number of anilines is 1. The van der Waals surface area contributed by atoms with Crippen molar-refractivity contribution in [1.82, 2.24) is 19.9 Å². The van der Waals surface area contributed by atoms with Gasteiger partial charge in [-0.25, -0.2) is 9.37 Å². The molecule has 152 valence electrons. The van der Waals surface area contributed by atoms with Gasteiger partial charge in [0.05, 0.1) is 11.7 Å². The highest BCUT2D eigenvalue weighted by Gasteiger charge is 2.19. The minimum Gasteiger partial charge on any atom is -0.339 e. The SMILES string of the molecule is CC(C(=O)Nc1ccc2c(-c3ccncc3)c(-c3ccc(F)cc3)[nH]c2n1)N(C)C. The molecule has 4 aromatic rings. The summed E-state index contributed by atoms with van der Waals surface area (Å²) in [6.45, 7) is 1.83. The number of benzene rings is 1. The molecule has 0 aliphatic heterocycles. The second kappa shape index (κ2) is 8.04. The Bertz CT molecular complexity index is 1190. The van der Waals surface area contributed by atoms with Crippen LogP contribution in [0.5, 0.6) is 0 Å². The maximum Gasteiger partial charge on any atom is 0.242 e. The van der Waals surface area contributed by atoms with Crippen molar-refractivity contribution in [1.29, 1.82) is 0 Å². The topological polar surface area (TPSA) is 73.9 Å². The average molecular weight is 403 g/mol. The zero-order valence-electron chi connectivity index (χ0n) is 17.0. The highest BCUT2D eigenvalue weighted by molar-refractivity contribution is 6.03. The Balaban J connectivity index is 1.82. The fourth-order valence-corrected chi connectivity index (χ4v) is 3.26. The van der Waals surface area contributed by atoms with Crippen LogP contribution in [-0.4, -0.2) is 45.9 Å². The summed E-state index contributed by atoms with van der Waals surface area (Å²) in [6.07, 6.45) is 3.46. The number of H-pyrrole nitrogens is 1. The van der Waals surface area contributed by atoms with Gasteiger partial charge in [-0.2, -0.15) is 0 Å². The summed E-state index contributed by atoms with van der Waals surface area (Å²) in [5, 5.41) is 3.76. The Kier molecular flexibility index (Phi) is 5.29. The molecule has 7 heteroatoms. The molecule has 1 atom stereocenters. The summed E-state index contributed by atoms with van der Waals surface area (Å²) in [5.41, 5.74) is 4.22. The van der Waals surface area contributed by atoms with Crippen LogP contribution in [0.4, 0.5) is 10.2 Å². The lowest BCUT2D eigenvalue weighted by Gasteiger charge is -2.18. The third-order valence-corrected chi connectivity index (χ3v) is 5.17. The number of hydrogen-bond acceptors (Lipinski definition) is 4. The van der Waals surface area contributed by atoms with E-state index in [1.165, 1.54) is 12.1 Å². The van der Waals surface area contributed by atoms with E-state index in [2.05, 4.69) is 20.3 Å². The summed E-state index contributed by atoms with van der Waals surface area (Å²) in [7, 11) is 3.70. The monoisotopic (exact) mass is 403 g/mol. The van der Waals surface area contributed by atoms with Crippen LogP contribution in [0.2, 0.25) is 0 Å². The van der Waals surface area contributed by atoms with Gasteiger partial charge in [0.1, 0.15) is 17.3 Å². The average Bonchev–Trinajstić information content (AvgIpc) is 3.12. The second-order valence-corrected chi connectivity index (χ2v) is 7.34. The quantitative estimate of drug-likeness (QED) is 0.520. The molecule has 0 bridgehead atoms. The largest absolute Gasteiger partial charge is 0.339 e. The van der Waals surface area contributed by atoms with Crippen molar-refractivity contribution in [2.45, 2.75) is 13.0 Å². The van der Waals surface area contributed by atoms with Crippen molar-refractivity contribution >= 4 is 22.8 Å². The van der Waals surface area contributed by atoms with Gasteiger partial charge in [-0.3, -0.25) is 14.7 Å². The molecule has 0 spiro atoms. The van der Waals surface area contributed by atoms with E-state index in [1.807, 2.05) is 44.1 Å². The van der Waals surface area contributed by atoms with Crippen LogP contribution in [0.1, 0.15) is 6.92 Å². The molecule has 1 unspecified atom stereocenters. The molecular formula is C23H22FN5O. The van der Waals surface area contributed by atoms with Gasteiger partial charge in [-0.15, -0.1) is 0 Å². The molecule has 0 radical (unpaired) electrons. The summed E-state index contributed by atoms with van der Waals surface area (Å²) in [5.74, 6) is 0.0411. The summed E-state index contributed by atoms with van der Waals surface area (Å²) in [4.78, 5) is 26.3. The molecule has 6 nitrogen and oxygen atoms in total. The lowest BCUT2D eigenvalue weighted by atomic mass is 10.00. The first-order valence-corrected chi connectivity index (χ1v) is 9.60. The van der Waals surface area contributed by atoms with Crippen LogP contribution in [0.3, 0.4) is 0 Å². The second-order valence-electron chi connectivity index (χ2n) is 7.34. The predicted octanol–water partition coefficient (Wildman–Crippen LogP) is 4.32. The number of hydrogen-bond donors (Lipinski definition) is 2. The number of carbonyl (C=O) groups excluding carboxylic acids is 1. The third-order valence-electron chi connectivity index (χ3n) is 5.17. The van der Waals surface area contributed by atoms with E-state index in [1.54, 1.807) is 30.6 Å². The van der Waals surface area contributed by atoms with E-state index in [4.69, 9.17) is 0 Å². The molecule has 3 heterocycles. The number of carbonyl (C=O) groups is 1. The molecule has 2 N–H and O–H groups in total. The first-order chi connectivity index (χ1) is 14.4. The van der Waals surface area contributed by atoms with E-state index in [0.29, 0.717) is 11.5 Å². The minimum absolute atomic E-state index is 0.133. The molecule has 1 amide bonds. The highest BCUT2D eigenvalue weighted by atomic mass is 19.1. The first-order valence-electron chi connectivity index (χ1n) is 9.60. The van der Waals surface area contributed by atoms with Crippen LogP contribution in [0.15, 0.2) is 60.9 Å². The van der Waals surface area contributed by atoms with Crippen LogP contribution >= 0.6 is 0 Å². The Labute approximate surface area is 173 Å². The number of pyridine rings is 2. The number of nitrogens with one attached hydrogen (secondary N) is 2. The highest BCUT2D eigenvalue weighted by Crippen LogP contribution is 2.38. The van der Waals surface area contributed by atoms with E-state index >= 15 is 0 Å². The van der Waals surface area contributed by atoms with E-state index < -0.39 is 0 Å². The number of amides is 1. The number of nitrogens with zero attached hydrogens (tertiary/aromatic N) is 3. The fraction of sp³-hybridized carbons (Fsp3) is 0.174. The molecule has 0 fully saturated rings. The van der Waals surface area contributed by atoms with Gasteiger partial charge in [0.15, 0.2) is 0 Å². The van der Waals surface area contributed by atoms with Crippen LogP contribution in [0.25, 0.3) is 33.4 Å². The maximum absolute atomic E-state index is 13.5. The summed E-state index contributed by atoms with van der Waals surface area (Å²) >= 11 is 0. The predicted molar refractivity (Wildman–Crippen MR) is 116 cm³/mol. The van der Waals surface area contributed by atoms with Gasteiger partial charge in [0, 0.05) is 23.3 Å². The van der Waals surface area contributed by atoms with Gasteiger partial charge < -0.3 is 10.3 Å². The van der Waals surface area contributed by atoms with Crippen molar-refractivity contribution in [2.24, 2.45) is 0 Å². The van der Waals surface area contributed by atoms with Gasteiger partial charge >= 0.3 is 0 Å². The number of likely N-dealkylation sites (N-methyl/N-ethyl adjacent to an activating group) is 1. The van der Waals surface area contributed by atoms with E-state index in [9.17, 15) is 9.18 Å². The van der Waals surface area contributed by atoms with E-state index in [0.717, 1.165) is 27.8 Å². The fourth-order valence-electron chi connectivity index (χ4n) is 3.26. The smallest absolute Gasteiger partial charge is 0.242 e. The zero-order chi connectivity index (χ0) is 21.3. The number of aromatic nitrogens is 3. The molecule has 30 heavy (non-hydrogen) atoms. The Hall–Kier alpha value is -3.58. The van der Waals surface area contributed by atoms with E-state index in [-0.39, 0.29) is 17.8 Å². The van der Waals surface area contributed by atoms with Gasteiger partial charge in [0.2, 0.25) is 5.91 Å². The van der Waals surface area contributed by atoms with Gasteiger partial charge in [0.25, 0.3) is 0 Å². The number of fused-ring (bicyclic) bond motifs is 1. The van der Waals surface area contributed by atoms with Crippen LogP contribution in [-0.2, 0) is 4.79 Å². The lowest BCUT2D eigenvalue weighted by molar-refractivity contribution is -0.119. The Morgan fingerprint density at radius 2 is 1.73 bits per heavy atom. The lowest BCUT2D eigenvalue weighted by Crippen LogP contribution is -2.37. The Morgan fingerprint density at radius 1 is 1.03 bits per heavy atom. The summed E-state index contributed by atoms with van der Waals surface area (Å²) in [6, 6.07) is 13.6. The van der Waals surface area contributed by atoms with Gasteiger partial charge in [-0.1, -0.05) is 0 Å². The third kappa shape index (κ3) is 3.79. The normalized spacial score (nSPS) is 12.3. The molecule has 0 saturated carbocycles. The van der Waals surface area contributed by atoms with Gasteiger partial charge in [-0.05, 0) is 80.7 Å². The minimum atomic E-state index is -0.293. The number of aromatic amines is 1. The first kappa shape index (κ1) is 19.7. The van der Waals surface area contributed by atoms with Crippen molar-refractivity contribution in [3.8, 4) is 22.4 Å². The van der Waals surface area contributed by atoms with Crippen LogP contribution in [0, 0.1) is 5.82 Å². The van der Waals surface area contributed by atoms with Crippen molar-refractivity contribution < 1.29 is 9.18 Å². The Morgan fingerprint density at radius 3 is 2.40 bits per heavy atom. The molecule has 3 aromatic heterocycles. The van der Waals surface area contributed by atoms with Crippen molar-refractivity contribution in [2.75, 3.05) is 19.4 Å². The van der Waals surface area contributed by atoms with Crippen molar-refractivity contribution in [3.63, 3.8) is 0 Å². The number of halogens is 1. The molecule has 0 saturated heterocycles. The molecular weight excluding hydrogens is 381 g/mol. The molecule has 0 aliphatic carbocycles. The van der Waals surface area contributed by atoms with Crippen molar-refractivity contribution in [3.05, 3.63) is 66.7 Å². The zero-order valence-corrected chi connectivity index (χ0v) is 17.0. The number of rotatable bonds is 5. The standard InChI is InChI=1S/C23H22FN5O/c1-14(29(2)3)23(30)27-19-9-8-18-20(15-10-12-25-13-11-15)21(28-22(18)26-19)16-4-6-17(24)7-5-16/h4-14H,1-3H3,(H2,26,27,28,30).